The van der Waals surface area contributed by atoms with E-state index in [4.69, 9.17) is 5.26 Å². The Hall–Kier alpha value is -1.05. The second-order valence-corrected chi connectivity index (χ2v) is 4.51. The molecule has 0 radical (unpaired) electrons. The summed E-state index contributed by atoms with van der Waals surface area (Å²) in [5, 5.41) is 22.0. The van der Waals surface area contributed by atoms with Crippen LogP contribution in [0.25, 0.3) is 0 Å². The van der Waals surface area contributed by atoms with Crippen LogP contribution in [0.1, 0.15) is 30.0 Å². The van der Waals surface area contributed by atoms with Crippen molar-refractivity contribution in [2.24, 2.45) is 0 Å². The van der Waals surface area contributed by atoms with Gasteiger partial charge in [-0.3, -0.25) is 0 Å². The van der Waals surface area contributed by atoms with E-state index < -0.39 is 0 Å². The van der Waals surface area contributed by atoms with E-state index >= 15 is 0 Å². The van der Waals surface area contributed by atoms with Crippen molar-refractivity contribution in [1.82, 2.24) is 5.32 Å². The lowest BCUT2D eigenvalue weighted by Gasteiger charge is -2.13. The number of rotatable bonds is 1. The minimum absolute atomic E-state index is 0.176. The van der Waals surface area contributed by atoms with Gasteiger partial charge in [0, 0.05) is 11.6 Å². The number of phenols is 1. The Kier molecular flexibility index (Phi) is 2.94. The quantitative estimate of drug-likeness (QED) is 0.821. The highest BCUT2D eigenvalue weighted by Crippen LogP contribution is 2.36. The third-order valence-corrected chi connectivity index (χ3v) is 3.26. The van der Waals surface area contributed by atoms with Gasteiger partial charge in [-0.25, -0.2) is 0 Å². The molecular weight excluding hydrogens is 256 g/mol. The molecule has 2 rings (SSSR count). The van der Waals surface area contributed by atoms with E-state index in [1.807, 2.05) is 0 Å². The maximum atomic E-state index is 9.88. The third kappa shape index (κ3) is 1.99. The minimum atomic E-state index is 0.176. The van der Waals surface area contributed by atoms with Gasteiger partial charge in [-0.05, 0) is 47.4 Å². The van der Waals surface area contributed by atoms with Gasteiger partial charge in [-0.1, -0.05) is 0 Å². The fraction of sp³-hybridized carbons (Fsp3) is 0.364. The first kappa shape index (κ1) is 10.5. The Morgan fingerprint density at radius 2 is 2.33 bits per heavy atom. The summed E-state index contributed by atoms with van der Waals surface area (Å²) in [6.07, 6.45) is 2.12. The van der Waals surface area contributed by atoms with Crippen LogP contribution in [0.15, 0.2) is 16.6 Å². The van der Waals surface area contributed by atoms with Crippen LogP contribution < -0.4 is 5.32 Å². The number of nitrogens with one attached hydrogen (secondary N) is 1. The molecule has 0 spiro atoms. The number of phenolic OH excluding ortho intramolecular Hbond substituents is 1. The molecule has 78 valence electrons. The van der Waals surface area contributed by atoms with Crippen LogP contribution in [0, 0.1) is 11.3 Å². The Labute approximate surface area is 96.9 Å². The van der Waals surface area contributed by atoms with E-state index in [1.165, 1.54) is 0 Å². The average molecular weight is 267 g/mol. The van der Waals surface area contributed by atoms with Crippen LogP contribution in [-0.2, 0) is 0 Å². The van der Waals surface area contributed by atoms with Crippen molar-refractivity contribution in [1.29, 1.82) is 5.26 Å². The Morgan fingerprint density at radius 1 is 1.53 bits per heavy atom. The third-order valence-electron chi connectivity index (χ3n) is 2.66. The van der Waals surface area contributed by atoms with Gasteiger partial charge >= 0.3 is 0 Å². The zero-order valence-electron chi connectivity index (χ0n) is 8.13. The largest absolute Gasteiger partial charge is 0.506 e. The van der Waals surface area contributed by atoms with E-state index in [-0.39, 0.29) is 11.8 Å². The molecule has 0 saturated carbocycles. The first-order chi connectivity index (χ1) is 7.22. The molecule has 0 aliphatic carbocycles. The molecule has 1 fully saturated rings. The van der Waals surface area contributed by atoms with Crippen molar-refractivity contribution in [3.05, 3.63) is 27.7 Å². The zero-order valence-corrected chi connectivity index (χ0v) is 9.71. The highest BCUT2D eigenvalue weighted by atomic mass is 79.9. The second-order valence-electron chi connectivity index (χ2n) is 3.66. The molecule has 4 heteroatoms. The van der Waals surface area contributed by atoms with Gasteiger partial charge in [0.25, 0.3) is 0 Å². The maximum Gasteiger partial charge on any atom is 0.134 e. The van der Waals surface area contributed by atoms with E-state index in [1.54, 1.807) is 12.1 Å². The van der Waals surface area contributed by atoms with Gasteiger partial charge in [0.05, 0.1) is 16.1 Å². The predicted molar refractivity (Wildman–Crippen MR) is 60.5 cm³/mol. The summed E-state index contributed by atoms with van der Waals surface area (Å²) in [6.45, 7) is 0.971. The number of aromatic hydroxyl groups is 1. The highest BCUT2D eigenvalue weighted by Gasteiger charge is 2.21. The zero-order chi connectivity index (χ0) is 10.8. The van der Waals surface area contributed by atoms with Crippen molar-refractivity contribution < 1.29 is 5.11 Å². The van der Waals surface area contributed by atoms with Crippen LogP contribution >= 0.6 is 15.9 Å². The first-order valence-electron chi connectivity index (χ1n) is 4.88. The lowest BCUT2D eigenvalue weighted by molar-refractivity contribution is 0.453. The molecule has 1 aliphatic heterocycles. The predicted octanol–water partition coefficient (Wildman–Crippen LogP) is 2.45. The number of hydrogen-bond acceptors (Lipinski definition) is 3. The van der Waals surface area contributed by atoms with Crippen molar-refractivity contribution in [3.63, 3.8) is 0 Å². The molecule has 1 aromatic rings. The summed E-state index contributed by atoms with van der Waals surface area (Å²) >= 11 is 3.26. The molecule has 1 aromatic carbocycles. The van der Waals surface area contributed by atoms with Gasteiger partial charge in [-0.2, -0.15) is 5.26 Å². The first-order valence-corrected chi connectivity index (χ1v) is 5.67. The lowest BCUT2D eigenvalue weighted by Crippen LogP contribution is -2.13. The average Bonchev–Trinajstić information content (AvgIpc) is 2.75. The minimum Gasteiger partial charge on any atom is -0.506 e. The standard InChI is InChI=1S/C11H11BrN2O/c12-9-5-7(6-13)4-8(11(9)15)10-2-1-3-14-10/h4-5,10,14-15H,1-3H2/t10-/m0/s1. The van der Waals surface area contributed by atoms with Crippen molar-refractivity contribution in [2.75, 3.05) is 6.54 Å². The van der Waals surface area contributed by atoms with Gasteiger partial charge in [0.1, 0.15) is 5.75 Å². The fourth-order valence-corrected chi connectivity index (χ4v) is 2.38. The van der Waals surface area contributed by atoms with E-state index in [9.17, 15) is 5.11 Å². The smallest absolute Gasteiger partial charge is 0.134 e. The highest BCUT2D eigenvalue weighted by molar-refractivity contribution is 9.10. The summed E-state index contributed by atoms with van der Waals surface area (Å²) in [6, 6.07) is 5.65. The van der Waals surface area contributed by atoms with Crippen LogP contribution in [0.5, 0.6) is 5.75 Å². The van der Waals surface area contributed by atoms with Crippen molar-refractivity contribution >= 4 is 15.9 Å². The Balaban J connectivity index is 2.45. The SMILES string of the molecule is N#Cc1cc(Br)c(O)c([C@@H]2CCCN2)c1. The van der Waals surface area contributed by atoms with E-state index in [0.717, 1.165) is 24.9 Å². The normalized spacial score (nSPS) is 20.1. The van der Waals surface area contributed by atoms with Crippen LogP contribution in [-0.4, -0.2) is 11.7 Å². The number of benzene rings is 1. The molecule has 3 nitrogen and oxygen atoms in total. The maximum absolute atomic E-state index is 9.88. The number of hydrogen-bond donors (Lipinski definition) is 2. The molecule has 0 unspecified atom stereocenters. The van der Waals surface area contributed by atoms with Gasteiger partial charge in [-0.15, -0.1) is 0 Å². The molecule has 0 bridgehead atoms. The number of nitriles is 1. The number of halogens is 1. The molecular formula is C11H11BrN2O. The van der Waals surface area contributed by atoms with Crippen molar-refractivity contribution in [3.8, 4) is 11.8 Å². The van der Waals surface area contributed by atoms with E-state index in [0.29, 0.717) is 10.0 Å². The molecule has 2 N–H and O–H groups in total. The Bertz CT molecular complexity index is 419. The summed E-state index contributed by atoms with van der Waals surface area (Å²) in [5.41, 5.74) is 1.39. The molecule has 1 heterocycles. The van der Waals surface area contributed by atoms with E-state index in [2.05, 4.69) is 27.3 Å². The van der Waals surface area contributed by atoms with Crippen LogP contribution in [0.3, 0.4) is 0 Å². The van der Waals surface area contributed by atoms with Gasteiger partial charge < -0.3 is 10.4 Å². The topological polar surface area (TPSA) is 56.0 Å². The van der Waals surface area contributed by atoms with Crippen LogP contribution in [0.4, 0.5) is 0 Å². The monoisotopic (exact) mass is 266 g/mol. The molecule has 15 heavy (non-hydrogen) atoms. The second kappa shape index (κ2) is 4.21. The summed E-state index contributed by atoms with van der Waals surface area (Å²) in [5.74, 6) is 0.244. The molecule has 0 aromatic heterocycles. The van der Waals surface area contributed by atoms with Crippen LogP contribution in [0.2, 0.25) is 0 Å². The summed E-state index contributed by atoms with van der Waals surface area (Å²) in [4.78, 5) is 0. The molecule has 0 amide bonds. The molecule has 1 aliphatic rings. The summed E-state index contributed by atoms with van der Waals surface area (Å²) < 4.78 is 0.588. The number of nitrogens with zero attached hydrogens (tertiary/aromatic N) is 1. The lowest BCUT2D eigenvalue weighted by atomic mass is 10.0. The molecule has 1 saturated heterocycles. The fourth-order valence-electron chi connectivity index (χ4n) is 1.90. The van der Waals surface area contributed by atoms with Gasteiger partial charge in [0.2, 0.25) is 0 Å². The van der Waals surface area contributed by atoms with Crippen molar-refractivity contribution in [2.45, 2.75) is 18.9 Å². The van der Waals surface area contributed by atoms with Gasteiger partial charge in [0.15, 0.2) is 0 Å². The Morgan fingerprint density at radius 3 is 2.93 bits per heavy atom. The summed E-state index contributed by atoms with van der Waals surface area (Å²) in [7, 11) is 0. The molecule has 1 atom stereocenters.